The number of rotatable bonds is 5. The average molecular weight is 351 g/mol. The molecule has 0 aliphatic heterocycles. The van der Waals surface area contributed by atoms with E-state index in [0.717, 1.165) is 23.3 Å². The Morgan fingerprint density at radius 3 is 2.76 bits per heavy atom. The molecule has 0 fully saturated rings. The maximum absolute atomic E-state index is 6.09. The number of fused-ring (bicyclic) bond motifs is 1. The second-order valence-corrected chi connectivity index (χ2v) is 5.99. The van der Waals surface area contributed by atoms with Crippen LogP contribution in [0.15, 0.2) is 67.1 Å². The van der Waals surface area contributed by atoms with Gasteiger partial charge in [-0.1, -0.05) is 23.7 Å². The van der Waals surface area contributed by atoms with Gasteiger partial charge in [0.2, 0.25) is 5.88 Å². The van der Waals surface area contributed by atoms with E-state index in [1.54, 1.807) is 23.1 Å². The zero-order valence-electron chi connectivity index (χ0n) is 13.3. The zero-order valence-corrected chi connectivity index (χ0v) is 14.1. The van der Waals surface area contributed by atoms with Crippen LogP contribution in [0.3, 0.4) is 0 Å². The van der Waals surface area contributed by atoms with E-state index in [0.29, 0.717) is 17.5 Å². The lowest BCUT2D eigenvalue weighted by Crippen LogP contribution is -2.05. The Kier molecular flexibility index (Phi) is 4.31. The first kappa shape index (κ1) is 15.6. The van der Waals surface area contributed by atoms with Gasteiger partial charge in [-0.3, -0.25) is 4.98 Å². The molecule has 0 aliphatic carbocycles. The number of hydrogen-bond donors (Lipinski definition) is 0. The molecule has 3 aromatic heterocycles. The summed E-state index contributed by atoms with van der Waals surface area (Å²) in [6.07, 6.45) is 6.15. The lowest BCUT2D eigenvalue weighted by molar-refractivity contribution is 0.305. The van der Waals surface area contributed by atoms with Crippen molar-refractivity contribution in [1.29, 1.82) is 0 Å². The van der Waals surface area contributed by atoms with Crippen molar-refractivity contribution in [1.82, 2.24) is 19.6 Å². The van der Waals surface area contributed by atoms with E-state index in [-0.39, 0.29) is 0 Å². The van der Waals surface area contributed by atoms with Gasteiger partial charge < -0.3 is 4.74 Å². The first-order chi connectivity index (χ1) is 12.3. The van der Waals surface area contributed by atoms with Crippen molar-refractivity contribution in [2.45, 2.75) is 6.42 Å². The Labute approximate surface area is 149 Å². The second-order valence-electron chi connectivity index (χ2n) is 5.55. The Morgan fingerprint density at radius 1 is 1.04 bits per heavy atom. The molecule has 0 atom stereocenters. The first-order valence-electron chi connectivity index (χ1n) is 7.92. The molecule has 124 valence electrons. The SMILES string of the molecule is Clc1cccc(-c2cnc3ccc(OCCc4ccncc4)nn23)c1. The van der Waals surface area contributed by atoms with E-state index in [1.807, 2.05) is 48.5 Å². The topological polar surface area (TPSA) is 52.3 Å². The highest BCUT2D eigenvalue weighted by Gasteiger charge is 2.09. The van der Waals surface area contributed by atoms with E-state index >= 15 is 0 Å². The number of imidazole rings is 1. The number of nitrogens with zero attached hydrogens (tertiary/aromatic N) is 4. The third-order valence-electron chi connectivity index (χ3n) is 3.85. The molecule has 1 aromatic carbocycles. The summed E-state index contributed by atoms with van der Waals surface area (Å²) in [5, 5.41) is 5.23. The molecule has 0 unspecified atom stereocenters. The van der Waals surface area contributed by atoms with Gasteiger partial charge in [-0.2, -0.15) is 0 Å². The molecule has 0 bridgehead atoms. The summed E-state index contributed by atoms with van der Waals surface area (Å²) in [6, 6.07) is 15.3. The second kappa shape index (κ2) is 6.91. The number of aromatic nitrogens is 4. The number of pyridine rings is 1. The normalized spacial score (nSPS) is 10.9. The largest absolute Gasteiger partial charge is 0.476 e. The molecule has 0 amide bonds. The Morgan fingerprint density at radius 2 is 1.92 bits per heavy atom. The Bertz CT molecular complexity index is 1000. The predicted octanol–water partition coefficient (Wildman–Crippen LogP) is 4.07. The third-order valence-corrected chi connectivity index (χ3v) is 4.08. The van der Waals surface area contributed by atoms with Crippen LogP contribution < -0.4 is 4.74 Å². The number of benzene rings is 1. The van der Waals surface area contributed by atoms with Crippen molar-refractivity contribution in [3.8, 4) is 17.1 Å². The summed E-state index contributed by atoms with van der Waals surface area (Å²) < 4.78 is 7.57. The van der Waals surface area contributed by atoms with Gasteiger partial charge >= 0.3 is 0 Å². The molecule has 0 radical (unpaired) electrons. The number of halogens is 1. The van der Waals surface area contributed by atoms with Crippen LogP contribution in [0, 0.1) is 0 Å². The van der Waals surface area contributed by atoms with E-state index in [9.17, 15) is 0 Å². The fourth-order valence-corrected chi connectivity index (χ4v) is 2.79. The van der Waals surface area contributed by atoms with Crippen LogP contribution in [0.1, 0.15) is 5.56 Å². The van der Waals surface area contributed by atoms with Crippen molar-refractivity contribution in [2.24, 2.45) is 0 Å². The van der Waals surface area contributed by atoms with Gasteiger partial charge in [-0.05, 0) is 35.9 Å². The maximum atomic E-state index is 6.09. The molecular weight excluding hydrogens is 336 g/mol. The van der Waals surface area contributed by atoms with E-state index < -0.39 is 0 Å². The molecule has 3 heterocycles. The van der Waals surface area contributed by atoms with Crippen molar-refractivity contribution < 1.29 is 4.74 Å². The van der Waals surface area contributed by atoms with E-state index in [2.05, 4.69) is 15.1 Å². The fraction of sp³-hybridized carbons (Fsp3) is 0.105. The van der Waals surface area contributed by atoms with Crippen molar-refractivity contribution in [3.63, 3.8) is 0 Å². The molecule has 4 aromatic rings. The highest BCUT2D eigenvalue weighted by molar-refractivity contribution is 6.30. The fourth-order valence-electron chi connectivity index (χ4n) is 2.60. The molecule has 5 nitrogen and oxygen atoms in total. The quantitative estimate of drug-likeness (QED) is 0.544. The number of ether oxygens (including phenoxy) is 1. The van der Waals surface area contributed by atoms with Crippen LogP contribution in [-0.2, 0) is 6.42 Å². The molecule has 0 N–H and O–H groups in total. The Hall–Kier alpha value is -2.92. The minimum absolute atomic E-state index is 0.545. The van der Waals surface area contributed by atoms with Gasteiger partial charge in [0.25, 0.3) is 0 Å². The first-order valence-corrected chi connectivity index (χ1v) is 8.30. The van der Waals surface area contributed by atoms with Gasteiger partial charge in [-0.15, -0.1) is 5.10 Å². The molecule has 0 spiro atoms. The molecule has 6 heteroatoms. The molecule has 0 aliphatic rings. The van der Waals surface area contributed by atoms with Crippen molar-refractivity contribution >= 4 is 17.2 Å². The highest BCUT2D eigenvalue weighted by atomic mass is 35.5. The lowest BCUT2D eigenvalue weighted by Gasteiger charge is -2.07. The highest BCUT2D eigenvalue weighted by Crippen LogP contribution is 2.24. The smallest absolute Gasteiger partial charge is 0.231 e. The van der Waals surface area contributed by atoms with Gasteiger partial charge in [-0.25, -0.2) is 9.50 Å². The van der Waals surface area contributed by atoms with Gasteiger partial charge in [0.1, 0.15) is 0 Å². The number of hydrogen-bond acceptors (Lipinski definition) is 4. The van der Waals surface area contributed by atoms with Crippen LogP contribution in [0.2, 0.25) is 5.02 Å². The van der Waals surface area contributed by atoms with Crippen LogP contribution in [0.4, 0.5) is 0 Å². The summed E-state index contributed by atoms with van der Waals surface area (Å²) in [5.41, 5.74) is 3.77. The molecule has 4 rings (SSSR count). The standard InChI is InChI=1S/C19H15ClN4O/c20-16-3-1-2-15(12-16)17-13-22-18-4-5-19(23-24(17)18)25-11-8-14-6-9-21-10-7-14/h1-7,9-10,12-13H,8,11H2. The monoisotopic (exact) mass is 350 g/mol. The van der Waals surface area contributed by atoms with Gasteiger partial charge in [0.05, 0.1) is 18.5 Å². The van der Waals surface area contributed by atoms with Crippen LogP contribution in [-0.4, -0.2) is 26.2 Å². The van der Waals surface area contributed by atoms with E-state index in [1.165, 1.54) is 5.56 Å². The third kappa shape index (κ3) is 3.46. The summed E-state index contributed by atoms with van der Waals surface area (Å²) in [6.45, 7) is 0.545. The minimum Gasteiger partial charge on any atom is -0.476 e. The summed E-state index contributed by atoms with van der Waals surface area (Å²) in [5.74, 6) is 0.558. The maximum Gasteiger partial charge on any atom is 0.231 e. The van der Waals surface area contributed by atoms with Crippen molar-refractivity contribution in [2.75, 3.05) is 6.61 Å². The van der Waals surface area contributed by atoms with Crippen LogP contribution >= 0.6 is 11.6 Å². The van der Waals surface area contributed by atoms with Gasteiger partial charge in [0.15, 0.2) is 5.65 Å². The van der Waals surface area contributed by atoms with Crippen LogP contribution in [0.5, 0.6) is 5.88 Å². The molecule has 0 saturated heterocycles. The zero-order chi connectivity index (χ0) is 17.1. The summed E-state index contributed by atoms with van der Waals surface area (Å²) in [4.78, 5) is 8.40. The average Bonchev–Trinajstić information content (AvgIpc) is 3.06. The summed E-state index contributed by atoms with van der Waals surface area (Å²) in [7, 11) is 0. The van der Waals surface area contributed by atoms with E-state index in [4.69, 9.17) is 16.3 Å². The Balaban J connectivity index is 1.56. The molecule has 25 heavy (non-hydrogen) atoms. The van der Waals surface area contributed by atoms with Gasteiger partial charge in [0, 0.05) is 35.5 Å². The van der Waals surface area contributed by atoms with Crippen LogP contribution in [0.25, 0.3) is 16.9 Å². The minimum atomic E-state index is 0.545. The summed E-state index contributed by atoms with van der Waals surface area (Å²) >= 11 is 6.09. The molecule has 0 saturated carbocycles. The lowest BCUT2D eigenvalue weighted by atomic mass is 10.2. The molecular formula is C19H15ClN4O. The van der Waals surface area contributed by atoms with Crippen molar-refractivity contribution in [3.05, 3.63) is 77.7 Å². The predicted molar refractivity (Wildman–Crippen MR) is 96.9 cm³/mol.